The first-order chi connectivity index (χ1) is 6.29. The fraction of sp³-hybridized carbons (Fsp3) is 1.00. The van der Waals surface area contributed by atoms with E-state index in [4.69, 9.17) is 19.2 Å². The molecular formula is C10H20O4. The number of hydrogen-bond acceptors (Lipinski definition) is 4. The summed E-state index contributed by atoms with van der Waals surface area (Å²) in [5.74, 6) is -0.490. The minimum Gasteiger partial charge on any atom is -0.348 e. The maximum atomic E-state index is 5.54. The first-order valence-corrected chi connectivity index (χ1v) is 4.91. The normalized spacial score (nSPS) is 26.8. The van der Waals surface area contributed by atoms with E-state index in [0.717, 1.165) is 0 Å². The van der Waals surface area contributed by atoms with Gasteiger partial charge in [-0.15, -0.1) is 0 Å². The molecule has 4 heteroatoms. The van der Waals surface area contributed by atoms with E-state index in [1.807, 2.05) is 34.6 Å². The summed E-state index contributed by atoms with van der Waals surface area (Å²) in [5.41, 5.74) is -0.283. The molecule has 0 aromatic carbocycles. The van der Waals surface area contributed by atoms with Gasteiger partial charge in [-0.1, -0.05) is 0 Å². The van der Waals surface area contributed by atoms with Gasteiger partial charge in [0.05, 0.1) is 12.2 Å². The van der Waals surface area contributed by atoms with Crippen molar-refractivity contribution in [1.29, 1.82) is 0 Å². The Bertz CT molecular complexity index is 183. The van der Waals surface area contributed by atoms with E-state index < -0.39 is 5.79 Å². The van der Waals surface area contributed by atoms with Gasteiger partial charge in [0.1, 0.15) is 12.7 Å². The minimum atomic E-state index is -0.490. The molecule has 0 aromatic heterocycles. The molecule has 1 saturated heterocycles. The molecule has 0 saturated carbocycles. The lowest BCUT2D eigenvalue weighted by molar-refractivity contribution is -0.357. The Hall–Kier alpha value is -0.160. The standard InChI is InChI=1S/C10H20O4/c1-9(2,3)14-12-7-8-6-11-10(4,5)13-8/h8H,6-7H2,1-5H3. The summed E-state index contributed by atoms with van der Waals surface area (Å²) >= 11 is 0. The van der Waals surface area contributed by atoms with Gasteiger partial charge in [-0.05, 0) is 34.6 Å². The molecule has 1 aliphatic rings. The zero-order chi connectivity index (χ0) is 10.8. The van der Waals surface area contributed by atoms with Crippen LogP contribution in [0.15, 0.2) is 0 Å². The van der Waals surface area contributed by atoms with Crippen molar-refractivity contribution in [3.63, 3.8) is 0 Å². The van der Waals surface area contributed by atoms with Gasteiger partial charge in [0, 0.05) is 0 Å². The molecule has 84 valence electrons. The third-order valence-electron chi connectivity index (χ3n) is 1.63. The SMILES string of the molecule is CC(C)(C)OOCC1COC(C)(C)O1. The molecule has 1 atom stereocenters. The van der Waals surface area contributed by atoms with E-state index >= 15 is 0 Å². The lowest BCUT2D eigenvalue weighted by Crippen LogP contribution is -2.26. The highest BCUT2D eigenvalue weighted by Crippen LogP contribution is 2.22. The Balaban J connectivity index is 2.15. The number of hydrogen-bond donors (Lipinski definition) is 0. The van der Waals surface area contributed by atoms with Crippen LogP contribution in [0.25, 0.3) is 0 Å². The van der Waals surface area contributed by atoms with E-state index in [9.17, 15) is 0 Å². The molecule has 1 unspecified atom stereocenters. The van der Waals surface area contributed by atoms with Crippen LogP contribution in [0.1, 0.15) is 34.6 Å². The van der Waals surface area contributed by atoms with Crippen LogP contribution in [0.4, 0.5) is 0 Å². The zero-order valence-electron chi connectivity index (χ0n) is 9.62. The Labute approximate surface area is 85.4 Å². The van der Waals surface area contributed by atoms with Crippen LogP contribution in [0, 0.1) is 0 Å². The van der Waals surface area contributed by atoms with E-state index in [0.29, 0.717) is 13.2 Å². The predicted molar refractivity (Wildman–Crippen MR) is 51.7 cm³/mol. The van der Waals surface area contributed by atoms with Gasteiger partial charge >= 0.3 is 0 Å². The van der Waals surface area contributed by atoms with Crippen LogP contribution in [0.3, 0.4) is 0 Å². The summed E-state index contributed by atoms with van der Waals surface area (Å²) < 4.78 is 10.9. The Morgan fingerprint density at radius 3 is 2.43 bits per heavy atom. The molecule has 4 nitrogen and oxygen atoms in total. The van der Waals surface area contributed by atoms with Gasteiger partial charge in [0.2, 0.25) is 0 Å². The molecular weight excluding hydrogens is 184 g/mol. The van der Waals surface area contributed by atoms with Gasteiger partial charge in [-0.2, -0.15) is 0 Å². The summed E-state index contributed by atoms with van der Waals surface area (Å²) in [7, 11) is 0. The lowest BCUT2D eigenvalue weighted by Gasteiger charge is -2.20. The molecule has 0 spiro atoms. The first kappa shape index (κ1) is 11.9. The van der Waals surface area contributed by atoms with Gasteiger partial charge in [0.25, 0.3) is 0 Å². The maximum absolute atomic E-state index is 5.54. The molecule has 0 N–H and O–H groups in total. The Morgan fingerprint density at radius 2 is 2.00 bits per heavy atom. The molecule has 1 heterocycles. The van der Waals surface area contributed by atoms with Gasteiger partial charge in [-0.25, -0.2) is 9.78 Å². The predicted octanol–water partition coefficient (Wildman–Crippen LogP) is 1.88. The quantitative estimate of drug-likeness (QED) is 0.519. The van der Waals surface area contributed by atoms with Crippen LogP contribution in [0.5, 0.6) is 0 Å². The van der Waals surface area contributed by atoms with E-state index in [1.54, 1.807) is 0 Å². The number of rotatable bonds is 3. The zero-order valence-corrected chi connectivity index (χ0v) is 9.62. The van der Waals surface area contributed by atoms with Gasteiger partial charge in [0.15, 0.2) is 5.79 Å². The molecule has 1 aliphatic heterocycles. The summed E-state index contributed by atoms with van der Waals surface area (Å²) in [6, 6.07) is 0. The van der Waals surface area contributed by atoms with Crippen molar-refractivity contribution < 1.29 is 19.2 Å². The highest BCUT2D eigenvalue weighted by Gasteiger charge is 2.33. The van der Waals surface area contributed by atoms with Gasteiger partial charge < -0.3 is 9.47 Å². The van der Waals surface area contributed by atoms with Crippen molar-refractivity contribution in [2.75, 3.05) is 13.2 Å². The summed E-state index contributed by atoms with van der Waals surface area (Å²) in [5, 5.41) is 0. The molecule has 14 heavy (non-hydrogen) atoms. The summed E-state index contributed by atoms with van der Waals surface area (Å²) in [4.78, 5) is 10.2. The lowest BCUT2D eigenvalue weighted by atomic mass is 10.2. The van der Waals surface area contributed by atoms with Gasteiger partial charge in [-0.3, -0.25) is 0 Å². The molecule has 1 fully saturated rings. The monoisotopic (exact) mass is 204 g/mol. The minimum absolute atomic E-state index is 0.0349. The van der Waals surface area contributed by atoms with Crippen LogP contribution in [-0.2, 0) is 19.2 Å². The third kappa shape index (κ3) is 4.37. The molecule has 0 bridgehead atoms. The molecule has 0 aromatic rings. The van der Waals surface area contributed by atoms with Crippen LogP contribution in [0.2, 0.25) is 0 Å². The van der Waals surface area contributed by atoms with E-state index in [2.05, 4.69) is 0 Å². The second kappa shape index (κ2) is 4.14. The molecule has 0 amide bonds. The maximum Gasteiger partial charge on any atom is 0.163 e. The smallest absolute Gasteiger partial charge is 0.163 e. The first-order valence-electron chi connectivity index (χ1n) is 4.91. The third-order valence-corrected chi connectivity index (χ3v) is 1.63. The highest BCUT2D eigenvalue weighted by molar-refractivity contribution is 4.69. The molecule has 1 rings (SSSR count). The van der Waals surface area contributed by atoms with Crippen molar-refractivity contribution in [2.24, 2.45) is 0 Å². The fourth-order valence-corrected chi connectivity index (χ4v) is 1.13. The average molecular weight is 204 g/mol. The Morgan fingerprint density at radius 1 is 1.36 bits per heavy atom. The van der Waals surface area contributed by atoms with Crippen LogP contribution < -0.4 is 0 Å². The summed E-state index contributed by atoms with van der Waals surface area (Å²) in [6.07, 6.45) is -0.0349. The van der Waals surface area contributed by atoms with Crippen molar-refractivity contribution in [3.8, 4) is 0 Å². The van der Waals surface area contributed by atoms with Crippen molar-refractivity contribution >= 4 is 0 Å². The van der Waals surface area contributed by atoms with E-state index in [1.165, 1.54) is 0 Å². The van der Waals surface area contributed by atoms with Crippen molar-refractivity contribution in [1.82, 2.24) is 0 Å². The second-order valence-electron chi connectivity index (χ2n) is 4.93. The highest BCUT2D eigenvalue weighted by atomic mass is 17.2. The second-order valence-corrected chi connectivity index (χ2v) is 4.93. The van der Waals surface area contributed by atoms with Crippen LogP contribution in [-0.4, -0.2) is 30.7 Å². The van der Waals surface area contributed by atoms with E-state index in [-0.39, 0.29) is 11.7 Å². The average Bonchev–Trinajstić information content (AvgIpc) is 2.27. The Kier molecular flexibility index (Phi) is 3.53. The van der Waals surface area contributed by atoms with Crippen molar-refractivity contribution in [2.45, 2.75) is 52.1 Å². The largest absolute Gasteiger partial charge is 0.348 e. The topological polar surface area (TPSA) is 36.9 Å². The van der Waals surface area contributed by atoms with Crippen LogP contribution >= 0.6 is 0 Å². The molecule has 0 aliphatic carbocycles. The molecule has 0 radical (unpaired) electrons. The number of ether oxygens (including phenoxy) is 2. The summed E-state index contributed by atoms with van der Waals surface area (Å²) in [6.45, 7) is 10.5. The fourth-order valence-electron chi connectivity index (χ4n) is 1.13. The van der Waals surface area contributed by atoms with Crippen molar-refractivity contribution in [3.05, 3.63) is 0 Å².